The Bertz CT molecular complexity index is 1390. The molecule has 2 atom stereocenters. The van der Waals surface area contributed by atoms with Crippen LogP contribution in [0.2, 0.25) is 0 Å². The number of hydrogen-bond donors (Lipinski definition) is 1. The van der Waals surface area contributed by atoms with Gasteiger partial charge in [-0.25, -0.2) is 8.42 Å². The minimum atomic E-state index is -4.17. The lowest BCUT2D eigenvalue weighted by molar-refractivity contribution is 0.0668. The summed E-state index contributed by atoms with van der Waals surface area (Å²) in [4.78, 5) is 8.00. The van der Waals surface area contributed by atoms with Crippen molar-refractivity contribution in [3.05, 3.63) is 19.5 Å². The Morgan fingerprint density at radius 1 is 0.780 bits per heavy atom. The SMILES string of the molecule is Cc1sc(C)c2c1OCC(CN(C)CCS(=O)(=O)ON)O2.Cc1sc(C)c2c1OCC(CN(C)CCS(=O)(=O)[O-])O2. The van der Waals surface area contributed by atoms with Crippen LogP contribution in [-0.2, 0) is 24.5 Å². The smallest absolute Gasteiger partial charge is 0.284 e. The summed E-state index contributed by atoms with van der Waals surface area (Å²) < 4.78 is 81.4. The predicted octanol–water partition coefficient (Wildman–Crippen LogP) is 1.64. The Morgan fingerprint density at radius 2 is 1.17 bits per heavy atom. The van der Waals surface area contributed by atoms with Crippen LogP contribution in [0.4, 0.5) is 0 Å². The Balaban J connectivity index is 0.000000226. The van der Waals surface area contributed by atoms with Crippen molar-refractivity contribution >= 4 is 42.9 Å². The fraction of sp³-hybridized carbons (Fsp3) is 0.667. The Kier molecular flexibility index (Phi) is 11.7. The highest BCUT2D eigenvalue weighted by Crippen LogP contribution is 2.44. The molecule has 0 aliphatic carbocycles. The molecule has 0 spiro atoms. The molecule has 41 heavy (non-hydrogen) atoms. The monoisotopic (exact) mass is 656 g/mol. The highest BCUT2D eigenvalue weighted by atomic mass is 32.2. The zero-order valence-corrected chi connectivity index (χ0v) is 27.3. The molecule has 0 saturated heterocycles. The number of fused-ring (bicyclic) bond motifs is 2. The van der Waals surface area contributed by atoms with Crippen molar-refractivity contribution in [1.29, 1.82) is 0 Å². The Morgan fingerprint density at radius 3 is 1.56 bits per heavy atom. The van der Waals surface area contributed by atoms with Crippen molar-refractivity contribution in [1.82, 2.24) is 9.80 Å². The van der Waals surface area contributed by atoms with Crippen LogP contribution in [0.1, 0.15) is 19.5 Å². The normalized spacial score (nSPS) is 18.4. The quantitative estimate of drug-likeness (QED) is 0.274. The van der Waals surface area contributed by atoms with E-state index in [1.54, 1.807) is 34.6 Å². The number of rotatable bonds is 11. The van der Waals surface area contributed by atoms with E-state index in [1.165, 1.54) is 0 Å². The molecule has 0 radical (unpaired) electrons. The number of ether oxygens (including phenoxy) is 4. The Labute approximate surface area is 249 Å². The maximum Gasteiger partial charge on any atom is 0.284 e. The van der Waals surface area contributed by atoms with E-state index in [2.05, 4.69) is 4.28 Å². The van der Waals surface area contributed by atoms with Gasteiger partial charge < -0.3 is 33.3 Å². The zero-order chi connectivity index (χ0) is 30.5. The summed E-state index contributed by atoms with van der Waals surface area (Å²) in [7, 11) is -4.24. The third-order valence-corrected chi connectivity index (χ3v) is 9.95. The number of thiophene rings is 2. The molecule has 0 bridgehead atoms. The van der Waals surface area contributed by atoms with E-state index in [-0.39, 0.29) is 30.3 Å². The van der Waals surface area contributed by atoms with Gasteiger partial charge in [0.25, 0.3) is 10.1 Å². The number of likely N-dealkylation sites (N-methyl/N-ethyl adjacent to an activating group) is 2. The summed E-state index contributed by atoms with van der Waals surface area (Å²) >= 11 is 3.28. The predicted molar refractivity (Wildman–Crippen MR) is 156 cm³/mol. The van der Waals surface area contributed by atoms with Gasteiger partial charge in [0.15, 0.2) is 23.0 Å². The number of nitrogens with zero attached hydrogens (tertiary/aromatic N) is 2. The molecule has 4 rings (SSSR count). The molecule has 17 heteroatoms. The van der Waals surface area contributed by atoms with E-state index < -0.39 is 20.2 Å². The molecule has 2 unspecified atom stereocenters. The van der Waals surface area contributed by atoms with E-state index in [0.717, 1.165) is 42.5 Å². The molecule has 4 heterocycles. The van der Waals surface area contributed by atoms with Gasteiger partial charge >= 0.3 is 0 Å². The van der Waals surface area contributed by atoms with Gasteiger partial charge in [0.2, 0.25) is 0 Å². The van der Waals surface area contributed by atoms with E-state index in [0.29, 0.717) is 32.8 Å². The second-order valence-electron chi connectivity index (χ2n) is 9.99. The van der Waals surface area contributed by atoms with Crippen molar-refractivity contribution in [2.24, 2.45) is 5.90 Å². The minimum Gasteiger partial charge on any atom is -0.748 e. The van der Waals surface area contributed by atoms with E-state index in [9.17, 15) is 21.4 Å². The fourth-order valence-electron chi connectivity index (χ4n) is 4.29. The van der Waals surface area contributed by atoms with Crippen molar-refractivity contribution in [2.75, 3.05) is 65.0 Å². The molecule has 2 aromatic heterocycles. The Hall–Kier alpha value is -1.70. The lowest BCUT2D eigenvalue weighted by Crippen LogP contribution is -2.41. The van der Waals surface area contributed by atoms with Crippen LogP contribution in [0, 0.1) is 27.7 Å². The summed E-state index contributed by atoms with van der Waals surface area (Å²) in [6.45, 7) is 10.4. The molecule has 234 valence electrons. The summed E-state index contributed by atoms with van der Waals surface area (Å²) in [5.41, 5.74) is 0. The highest BCUT2D eigenvalue weighted by molar-refractivity contribution is 7.86. The second kappa shape index (κ2) is 14.2. The topological polar surface area (TPSA) is 170 Å². The first-order valence-electron chi connectivity index (χ1n) is 12.8. The maximum absolute atomic E-state index is 11.2. The molecule has 0 aromatic carbocycles. The lowest BCUT2D eigenvalue weighted by atomic mass is 10.3. The number of hydrogen-bond acceptors (Lipinski definition) is 15. The summed E-state index contributed by atoms with van der Waals surface area (Å²) in [5.74, 6) is 7.39. The maximum atomic E-state index is 11.2. The van der Waals surface area contributed by atoms with Crippen LogP contribution in [0.25, 0.3) is 0 Å². The lowest BCUT2D eigenvalue weighted by Gasteiger charge is -2.29. The summed E-state index contributed by atoms with van der Waals surface area (Å²) in [6.07, 6.45) is -0.286. The van der Waals surface area contributed by atoms with Gasteiger partial charge in [-0.3, -0.25) is 0 Å². The zero-order valence-electron chi connectivity index (χ0n) is 24.0. The van der Waals surface area contributed by atoms with Crippen LogP contribution in [-0.4, -0.2) is 108 Å². The van der Waals surface area contributed by atoms with Crippen molar-refractivity contribution in [3.63, 3.8) is 0 Å². The average Bonchev–Trinajstić information content (AvgIpc) is 3.34. The highest BCUT2D eigenvalue weighted by Gasteiger charge is 2.28. The number of nitrogens with two attached hydrogens (primary N) is 1. The van der Waals surface area contributed by atoms with Crippen molar-refractivity contribution in [3.8, 4) is 23.0 Å². The van der Waals surface area contributed by atoms with E-state index >= 15 is 0 Å². The van der Waals surface area contributed by atoms with Crippen LogP contribution in [0.5, 0.6) is 23.0 Å². The van der Waals surface area contributed by atoms with Crippen LogP contribution < -0.4 is 24.8 Å². The first-order chi connectivity index (χ1) is 19.1. The molecular weight excluding hydrogens is 619 g/mol. The molecule has 2 aromatic rings. The molecule has 13 nitrogen and oxygen atoms in total. The van der Waals surface area contributed by atoms with Gasteiger partial charge in [0.1, 0.15) is 25.4 Å². The molecular formula is C24H38N3O10S4-. The summed E-state index contributed by atoms with van der Waals surface area (Å²) in [5, 5.41) is 0. The molecule has 2 aliphatic rings. The average molecular weight is 657 g/mol. The third-order valence-electron chi connectivity index (χ3n) is 6.32. The van der Waals surface area contributed by atoms with Gasteiger partial charge in [-0.05, 0) is 41.8 Å². The van der Waals surface area contributed by atoms with Crippen LogP contribution in [0.15, 0.2) is 0 Å². The van der Waals surface area contributed by atoms with Crippen molar-refractivity contribution in [2.45, 2.75) is 39.9 Å². The van der Waals surface area contributed by atoms with Crippen LogP contribution >= 0.6 is 22.7 Å². The minimum absolute atomic E-state index is 0.128. The molecule has 0 amide bonds. The largest absolute Gasteiger partial charge is 0.748 e. The second-order valence-corrected chi connectivity index (χ2v) is 16.1. The fourth-order valence-corrected chi connectivity index (χ4v) is 7.33. The van der Waals surface area contributed by atoms with Gasteiger partial charge in [0.05, 0.1) is 21.6 Å². The molecule has 2 aliphatic heterocycles. The van der Waals surface area contributed by atoms with E-state index in [4.69, 9.17) is 24.8 Å². The molecule has 0 saturated carbocycles. The molecule has 0 fully saturated rings. The molecule has 2 N–H and O–H groups in total. The first-order valence-corrected chi connectivity index (χ1v) is 17.6. The van der Waals surface area contributed by atoms with Gasteiger partial charge in [-0.15, -0.1) is 22.7 Å². The van der Waals surface area contributed by atoms with Gasteiger partial charge in [0, 0.05) is 45.7 Å². The van der Waals surface area contributed by atoms with Crippen LogP contribution in [0.3, 0.4) is 0 Å². The summed E-state index contributed by atoms with van der Waals surface area (Å²) in [6, 6.07) is 0. The van der Waals surface area contributed by atoms with E-state index in [1.807, 2.05) is 39.6 Å². The standard InChI is InChI=1S/C12H20N2O5S2.C12H19NO5S2/c1-8-11-12(9(2)20-8)18-10(7-17-11)6-14(3)4-5-21(15,16)19-13;1-8-11-12(9(2)19-8)18-10(7-17-11)6-13(3)4-5-20(14,15)16/h10H,4-7,13H2,1-3H3;10H,4-7H2,1-3H3,(H,14,15,16)/p-1. The van der Waals surface area contributed by atoms with Gasteiger partial charge in [-0.1, -0.05) is 0 Å². The van der Waals surface area contributed by atoms with Gasteiger partial charge in [-0.2, -0.15) is 18.6 Å². The van der Waals surface area contributed by atoms with Crippen molar-refractivity contribution < 1.29 is 44.6 Å². The number of aryl methyl sites for hydroxylation is 4. The third kappa shape index (κ3) is 9.93. The first kappa shape index (κ1) is 33.8.